The Morgan fingerprint density at radius 1 is 1.38 bits per heavy atom. The number of ether oxygens (including phenoxy) is 1. The summed E-state index contributed by atoms with van der Waals surface area (Å²) in [6, 6.07) is 3.74. The number of carbonyl (C=O) groups excluding carboxylic acids is 1. The number of benzene rings is 1. The van der Waals surface area contributed by atoms with Gasteiger partial charge < -0.3 is 15.0 Å². The van der Waals surface area contributed by atoms with Gasteiger partial charge in [0.25, 0.3) is 0 Å². The number of nitrogens with zero attached hydrogens (tertiary/aromatic N) is 3. The maximum Gasteiger partial charge on any atom is 0.322 e. The van der Waals surface area contributed by atoms with E-state index in [9.17, 15) is 4.79 Å². The molecule has 1 aromatic carbocycles. The molecule has 0 saturated carbocycles. The van der Waals surface area contributed by atoms with Crippen LogP contribution in [0.25, 0.3) is 0 Å². The smallest absolute Gasteiger partial charge is 0.322 e. The molecular weight excluding hydrogens is 306 g/mol. The number of aromatic nitrogens is 3. The van der Waals surface area contributed by atoms with Gasteiger partial charge in [0.1, 0.15) is 17.9 Å². The van der Waals surface area contributed by atoms with Crippen molar-refractivity contribution in [3.05, 3.63) is 35.4 Å². The fourth-order valence-corrected chi connectivity index (χ4v) is 3.19. The van der Waals surface area contributed by atoms with E-state index < -0.39 is 0 Å². The highest BCUT2D eigenvalue weighted by molar-refractivity contribution is 5.91. The van der Waals surface area contributed by atoms with Crippen molar-refractivity contribution < 1.29 is 9.53 Å². The number of aryl methyl sites for hydroxylation is 1. The van der Waals surface area contributed by atoms with Crippen molar-refractivity contribution in [1.82, 2.24) is 20.1 Å². The molecule has 1 fully saturated rings. The molecule has 0 bridgehead atoms. The van der Waals surface area contributed by atoms with Crippen LogP contribution >= 0.6 is 0 Å². The summed E-state index contributed by atoms with van der Waals surface area (Å²) in [4.78, 5) is 18.9. The SMILES string of the molecule is COc1cc(C)cc(NC(=O)N2CCCC[C@H]2c2ncn[nH]2)c1C. The van der Waals surface area contributed by atoms with Crippen molar-refractivity contribution in [1.29, 1.82) is 0 Å². The molecule has 2 heterocycles. The van der Waals surface area contributed by atoms with Crippen LogP contribution < -0.4 is 10.1 Å². The number of carbonyl (C=O) groups is 1. The van der Waals surface area contributed by atoms with Crippen LogP contribution in [-0.2, 0) is 0 Å². The van der Waals surface area contributed by atoms with E-state index in [0.717, 1.165) is 47.7 Å². The third-order valence-electron chi connectivity index (χ3n) is 4.48. The Morgan fingerprint density at radius 3 is 2.92 bits per heavy atom. The number of likely N-dealkylation sites (tertiary alicyclic amines) is 1. The number of anilines is 1. The van der Waals surface area contributed by atoms with E-state index in [2.05, 4.69) is 20.5 Å². The highest BCUT2D eigenvalue weighted by atomic mass is 16.5. The van der Waals surface area contributed by atoms with Crippen LogP contribution in [-0.4, -0.2) is 39.8 Å². The lowest BCUT2D eigenvalue weighted by Crippen LogP contribution is -2.41. The lowest BCUT2D eigenvalue weighted by atomic mass is 10.0. The van der Waals surface area contributed by atoms with Gasteiger partial charge in [-0.25, -0.2) is 9.78 Å². The second-order valence-corrected chi connectivity index (χ2v) is 6.15. The van der Waals surface area contributed by atoms with E-state index >= 15 is 0 Å². The van der Waals surface area contributed by atoms with Crippen LogP contribution in [0.1, 0.15) is 42.3 Å². The second kappa shape index (κ2) is 6.90. The zero-order valence-electron chi connectivity index (χ0n) is 14.3. The first kappa shape index (κ1) is 16.3. The number of hydrogen-bond acceptors (Lipinski definition) is 4. The Labute approximate surface area is 141 Å². The molecule has 1 saturated heterocycles. The Hall–Kier alpha value is -2.57. The molecule has 0 radical (unpaired) electrons. The monoisotopic (exact) mass is 329 g/mol. The van der Waals surface area contributed by atoms with Gasteiger partial charge in [-0.3, -0.25) is 5.10 Å². The summed E-state index contributed by atoms with van der Waals surface area (Å²) in [6.07, 6.45) is 4.44. The van der Waals surface area contributed by atoms with Crippen molar-refractivity contribution in [2.24, 2.45) is 0 Å². The number of hydrogen-bond donors (Lipinski definition) is 2. The van der Waals surface area contributed by atoms with Gasteiger partial charge >= 0.3 is 6.03 Å². The molecule has 3 rings (SSSR count). The standard InChI is InChI=1S/C17H23N5O2/c1-11-8-13(12(2)15(9-11)24-3)20-17(23)22-7-5-4-6-14(22)16-18-10-19-21-16/h8-10,14H,4-7H2,1-3H3,(H,20,23)(H,18,19,21)/t14-/m0/s1. The number of aromatic amines is 1. The summed E-state index contributed by atoms with van der Waals surface area (Å²) in [5.41, 5.74) is 2.74. The van der Waals surface area contributed by atoms with E-state index in [1.807, 2.05) is 30.9 Å². The van der Waals surface area contributed by atoms with Gasteiger partial charge in [0.2, 0.25) is 0 Å². The van der Waals surface area contributed by atoms with Gasteiger partial charge in [-0.1, -0.05) is 0 Å². The summed E-state index contributed by atoms with van der Waals surface area (Å²) in [6.45, 7) is 4.63. The van der Waals surface area contributed by atoms with Gasteiger partial charge in [-0.05, 0) is 50.8 Å². The molecule has 7 nitrogen and oxygen atoms in total. The molecule has 1 aliphatic rings. The second-order valence-electron chi connectivity index (χ2n) is 6.15. The van der Waals surface area contributed by atoms with Crippen LogP contribution in [0.2, 0.25) is 0 Å². The minimum atomic E-state index is -0.119. The van der Waals surface area contributed by atoms with Crippen molar-refractivity contribution in [2.45, 2.75) is 39.2 Å². The van der Waals surface area contributed by atoms with Crippen LogP contribution in [0.15, 0.2) is 18.5 Å². The summed E-state index contributed by atoms with van der Waals surface area (Å²) in [5, 5.41) is 9.84. The number of urea groups is 1. The lowest BCUT2D eigenvalue weighted by molar-refractivity contribution is 0.159. The van der Waals surface area contributed by atoms with Crippen LogP contribution in [0.3, 0.4) is 0 Å². The van der Waals surface area contributed by atoms with Gasteiger partial charge in [-0.15, -0.1) is 0 Å². The van der Waals surface area contributed by atoms with E-state index in [1.54, 1.807) is 7.11 Å². The fourth-order valence-electron chi connectivity index (χ4n) is 3.19. The first-order valence-electron chi connectivity index (χ1n) is 8.18. The van der Waals surface area contributed by atoms with Crippen LogP contribution in [0, 0.1) is 13.8 Å². The summed E-state index contributed by atoms with van der Waals surface area (Å²) in [5.74, 6) is 1.51. The molecule has 2 amide bonds. The average molecular weight is 329 g/mol. The van der Waals surface area contributed by atoms with Gasteiger partial charge in [0.05, 0.1) is 13.2 Å². The van der Waals surface area contributed by atoms with Crippen molar-refractivity contribution in [3.63, 3.8) is 0 Å². The Bertz CT molecular complexity index is 714. The predicted molar refractivity (Wildman–Crippen MR) is 91.2 cm³/mol. The van der Waals surface area contributed by atoms with Gasteiger partial charge in [-0.2, -0.15) is 5.10 Å². The zero-order valence-corrected chi connectivity index (χ0v) is 14.3. The minimum Gasteiger partial charge on any atom is -0.496 e. The maximum atomic E-state index is 12.8. The molecule has 0 unspecified atom stereocenters. The largest absolute Gasteiger partial charge is 0.496 e. The first-order valence-corrected chi connectivity index (χ1v) is 8.18. The van der Waals surface area contributed by atoms with E-state index in [0.29, 0.717) is 6.54 Å². The Balaban J connectivity index is 1.82. The van der Waals surface area contributed by atoms with Crippen LogP contribution in [0.5, 0.6) is 5.75 Å². The molecule has 24 heavy (non-hydrogen) atoms. The lowest BCUT2D eigenvalue weighted by Gasteiger charge is -2.34. The highest BCUT2D eigenvalue weighted by Gasteiger charge is 2.30. The Morgan fingerprint density at radius 2 is 2.21 bits per heavy atom. The summed E-state index contributed by atoms with van der Waals surface area (Å²) < 4.78 is 5.39. The van der Waals surface area contributed by atoms with Crippen molar-refractivity contribution in [3.8, 4) is 5.75 Å². The first-order chi connectivity index (χ1) is 11.6. The molecule has 7 heteroatoms. The van der Waals surface area contributed by atoms with Crippen LogP contribution in [0.4, 0.5) is 10.5 Å². The quantitative estimate of drug-likeness (QED) is 0.906. The van der Waals surface area contributed by atoms with Crippen molar-refractivity contribution >= 4 is 11.7 Å². The van der Waals surface area contributed by atoms with Crippen molar-refractivity contribution in [2.75, 3.05) is 19.0 Å². The Kier molecular flexibility index (Phi) is 4.69. The summed E-state index contributed by atoms with van der Waals surface area (Å²) >= 11 is 0. The molecule has 0 aliphatic carbocycles. The van der Waals surface area contributed by atoms with E-state index in [-0.39, 0.29) is 12.1 Å². The normalized spacial score (nSPS) is 17.6. The average Bonchev–Trinajstić information content (AvgIpc) is 3.12. The molecule has 2 aromatic rings. The van der Waals surface area contributed by atoms with Gasteiger partial charge in [0.15, 0.2) is 0 Å². The molecule has 1 aromatic heterocycles. The van der Waals surface area contributed by atoms with Gasteiger partial charge in [0, 0.05) is 17.8 Å². The number of methoxy groups -OCH3 is 1. The number of piperidine rings is 1. The molecule has 1 aliphatic heterocycles. The van der Waals surface area contributed by atoms with E-state index in [1.165, 1.54) is 6.33 Å². The predicted octanol–water partition coefficient (Wildman–Crippen LogP) is 3.19. The number of amides is 2. The zero-order chi connectivity index (χ0) is 17.1. The molecule has 0 spiro atoms. The topological polar surface area (TPSA) is 83.1 Å². The minimum absolute atomic E-state index is 0.0618. The third-order valence-corrected chi connectivity index (χ3v) is 4.48. The molecule has 128 valence electrons. The maximum absolute atomic E-state index is 12.8. The third kappa shape index (κ3) is 3.20. The molecule has 1 atom stereocenters. The number of H-pyrrole nitrogens is 1. The molecular formula is C17H23N5O2. The summed E-state index contributed by atoms with van der Waals surface area (Å²) in [7, 11) is 1.64. The fraction of sp³-hybridized carbons (Fsp3) is 0.471. The number of rotatable bonds is 3. The molecule has 2 N–H and O–H groups in total. The number of nitrogens with one attached hydrogen (secondary N) is 2. The highest BCUT2D eigenvalue weighted by Crippen LogP contribution is 2.31. The van der Waals surface area contributed by atoms with E-state index in [4.69, 9.17) is 4.74 Å².